The predicted molar refractivity (Wildman–Crippen MR) is 85.6 cm³/mol. The molecule has 1 aliphatic heterocycles. The van der Waals surface area contributed by atoms with Gasteiger partial charge in [-0.05, 0) is 43.6 Å². The number of rotatable bonds is 4. The molecule has 0 saturated carbocycles. The lowest BCUT2D eigenvalue weighted by Gasteiger charge is -2.25. The molecule has 0 aromatic carbocycles. The molecule has 3 rings (SSSR count). The topological polar surface area (TPSA) is 84.8 Å². The van der Waals surface area contributed by atoms with Gasteiger partial charge in [0.25, 0.3) is 5.91 Å². The molecular formula is C17H19N5O. The van der Waals surface area contributed by atoms with E-state index in [4.69, 9.17) is 5.26 Å². The molecule has 0 radical (unpaired) electrons. The van der Waals surface area contributed by atoms with Crippen LogP contribution in [0.5, 0.6) is 0 Å². The Morgan fingerprint density at radius 2 is 2.48 bits per heavy atom. The van der Waals surface area contributed by atoms with Crippen LogP contribution >= 0.6 is 0 Å². The summed E-state index contributed by atoms with van der Waals surface area (Å²) in [5, 5.41) is 11.8. The molecule has 0 aliphatic carbocycles. The SMILES string of the molecule is CN1CC[C@@H](CNC(=O)c2c[nH]c(C#N)c2)[C@@H]1c1cccnc1. The Morgan fingerprint density at radius 3 is 3.17 bits per heavy atom. The lowest BCUT2D eigenvalue weighted by atomic mass is 9.94. The highest BCUT2D eigenvalue weighted by Gasteiger charge is 2.33. The Morgan fingerprint density at radius 1 is 1.61 bits per heavy atom. The standard InChI is InChI=1S/C17H19N5O/c1-22-6-4-13(16(22)12-3-2-5-19-9-12)10-21-17(23)14-7-15(8-18)20-11-14/h2-3,5,7,9,11,13,16,20H,4,6,10H2,1H3,(H,21,23)/t13-,16-/m0/s1. The van der Waals surface area contributed by atoms with E-state index in [1.54, 1.807) is 18.5 Å². The van der Waals surface area contributed by atoms with E-state index in [-0.39, 0.29) is 11.9 Å². The number of hydrogen-bond acceptors (Lipinski definition) is 4. The van der Waals surface area contributed by atoms with Crippen LogP contribution in [0, 0.1) is 17.2 Å². The largest absolute Gasteiger partial charge is 0.352 e. The number of aromatic nitrogens is 2. The molecule has 2 aromatic heterocycles. The smallest absolute Gasteiger partial charge is 0.252 e. The number of carbonyl (C=O) groups is 1. The van der Waals surface area contributed by atoms with Gasteiger partial charge in [0, 0.05) is 31.2 Å². The Balaban J connectivity index is 1.65. The molecule has 6 heteroatoms. The van der Waals surface area contributed by atoms with E-state index in [1.807, 2.05) is 18.3 Å². The Hall–Kier alpha value is -2.65. The second kappa shape index (κ2) is 6.63. The Bertz CT molecular complexity index is 718. The Labute approximate surface area is 135 Å². The number of pyridine rings is 1. The summed E-state index contributed by atoms with van der Waals surface area (Å²) in [6, 6.07) is 7.85. The summed E-state index contributed by atoms with van der Waals surface area (Å²) in [6.07, 6.45) is 6.26. The molecule has 1 fully saturated rings. The maximum atomic E-state index is 12.2. The first-order chi connectivity index (χ1) is 11.2. The lowest BCUT2D eigenvalue weighted by molar-refractivity contribution is 0.0943. The highest BCUT2D eigenvalue weighted by molar-refractivity contribution is 5.94. The second-order valence-corrected chi connectivity index (χ2v) is 5.88. The van der Waals surface area contributed by atoms with Crippen molar-refractivity contribution in [2.75, 3.05) is 20.1 Å². The van der Waals surface area contributed by atoms with Crippen LogP contribution in [0.2, 0.25) is 0 Å². The van der Waals surface area contributed by atoms with Crippen LogP contribution in [0.15, 0.2) is 36.8 Å². The van der Waals surface area contributed by atoms with Gasteiger partial charge < -0.3 is 10.3 Å². The fourth-order valence-electron chi connectivity index (χ4n) is 3.23. The number of H-pyrrole nitrogens is 1. The van der Waals surface area contributed by atoms with Crippen molar-refractivity contribution in [1.29, 1.82) is 5.26 Å². The first-order valence-corrected chi connectivity index (χ1v) is 7.66. The number of nitrogens with one attached hydrogen (secondary N) is 2. The number of likely N-dealkylation sites (tertiary alicyclic amines) is 1. The number of nitriles is 1. The predicted octanol–water partition coefficient (Wildman–Crippen LogP) is 1.70. The minimum absolute atomic E-state index is 0.151. The summed E-state index contributed by atoms with van der Waals surface area (Å²) in [6.45, 7) is 1.61. The van der Waals surface area contributed by atoms with Crippen LogP contribution in [-0.4, -0.2) is 40.9 Å². The van der Waals surface area contributed by atoms with Crippen LogP contribution in [0.3, 0.4) is 0 Å². The number of aromatic amines is 1. The van der Waals surface area contributed by atoms with E-state index < -0.39 is 0 Å². The van der Waals surface area contributed by atoms with Crippen LogP contribution in [0.1, 0.15) is 34.1 Å². The van der Waals surface area contributed by atoms with Crippen LogP contribution in [0.4, 0.5) is 0 Å². The normalized spacial score (nSPS) is 21.0. The number of hydrogen-bond donors (Lipinski definition) is 2. The monoisotopic (exact) mass is 309 g/mol. The first kappa shape index (κ1) is 15.3. The molecule has 1 amide bonds. The van der Waals surface area contributed by atoms with Gasteiger partial charge in [0.2, 0.25) is 0 Å². The quantitative estimate of drug-likeness (QED) is 0.900. The molecule has 0 spiro atoms. The zero-order valence-corrected chi connectivity index (χ0v) is 13.0. The molecule has 1 saturated heterocycles. The number of carbonyl (C=O) groups excluding carboxylic acids is 1. The summed E-state index contributed by atoms with van der Waals surface area (Å²) >= 11 is 0. The van der Waals surface area contributed by atoms with Crippen molar-refractivity contribution in [3.63, 3.8) is 0 Å². The third-order valence-electron chi connectivity index (χ3n) is 4.39. The summed E-state index contributed by atoms with van der Waals surface area (Å²) in [5.74, 6) is 0.199. The van der Waals surface area contributed by atoms with E-state index in [1.165, 1.54) is 5.56 Å². The van der Waals surface area contributed by atoms with E-state index in [9.17, 15) is 4.79 Å². The Kier molecular flexibility index (Phi) is 4.40. The zero-order valence-electron chi connectivity index (χ0n) is 13.0. The van der Waals surface area contributed by atoms with Crippen LogP contribution in [0.25, 0.3) is 0 Å². The highest BCUT2D eigenvalue weighted by atomic mass is 16.1. The van der Waals surface area contributed by atoms with Gasteiger partial charge >= 0.3 is 0 Å². The van der Waals surface area contributed by atoms with Gasteiger partial charge in [-0.1, -0.05) is 6.07 Å². The molecule has 6 nitrogen and oxygen atoms in total. The van der Waals surface area contributed by atoms with Gasteiger partial charge in [-0.25, -0.2) is 0 Å². The summed E-state index contributed by atoms with van der Waals surface area (Å²) in [7, 11) is 2.10. The first-order valence-electron chi connectivity index (χ1n) is 7.66. The van der Waals surface area contributed by atoms with Gasteiger partial charge in [0.15, 0.2) is 0 Å². The van der Waals surface area contributed by atoms with Gasteiger partial charge in [-0.15, -0.1) is 0 Å². The van der Waals surface area contributed by atoms with Crippen LogP contribution < -0.4 is 5.32 Å². The molecule has 0 bridgehead atoms. The molecule has 2 atom stereocenters. The summed E-state index contributed by atoms with van der Waals surface area (Å²) in [4.78, 5) is 21.5. The van der Waals surface area contributed by atoms with Crippen molar-refractivity contribution in [2.24, 2.45) is 5.92 Å². The third kappa shape index (κ3) is 3.25. The van der Waals surface area contributed by atoms with Gasteiger partial charge in [0.1, 0.15) is 11.8 Å². The highest BCUT2D eigenvalue weighted by Crippen LogP contribution is 2.35. The number of amides is 1. The molecule has 2 N–H and O–H groups in total. The molecule has 23 heavy (non-hydrogen) atoms. The minimum Gasteiger partial charge on any atom is -0.352 e. The average Bonchev–Trinajstić information content (AvgIpc) is 3.20. The third-order valence-corrected chi connectivity index (χ3v) is 4.39. The number of nitrogens with zero attached hydrogens (tertiary/aromatic N) is 3. The molecular weight excluding hydrogens is 290 g/mol. The lowest BCUT2D eigenvalue weighted by Crippen LogP contribution is -2.32. The van der Waals surface area contributed by atoms with Crippen molar-refractivity contribution < 1.29 is 4.79 Å². The molecule has 0 unspecified atom stereocenters. The summed E-state index contributed by atoms with van der Waals surface area (Å²) in [5.41, 5.74) is 2.06. The molecule has 2 aromatic rings. The average molecular weight is 309 g/mol. The van der Waals surface area contributed by atoms with Crippen molar-refractivity contribution in [3.05, 3.63) is 53.6 Å². The van der Waals surface area contributed by atoms with E-state index in [2.05, 4.69) is 33.3 Å². The molecule has 3 heterocycles. The van der Waals surface area contributed by atoms with Crippen LogP contribution in [-0.2, 0) is 0 Å². The molecule has 1 aliphatic rings. The van der Waals surface area contributed by atoms with E-state index in [0.29, 0.717) is 23.7 Å². The fraction of sp³-hybridized carbons (Fsp3) is 0.353. The van der Waals surface area contributed by atoms with Gasteiger partial charge in [0.05, 0.1) is 5.56 Å². The maximum Gasteiger partial charge on any atom is 0.252 e. The van der Waals surface area contributed by atoms with Crippen molar-refractivity contribution in [1.82, 2.24) is 20.2 Å². The van der Waals surface area contributed by atoms with Crippen molar-refractivity contribution in [3.8, 4) is 6.07 Å². The van der Waals surface area contributed by atoms with Crippen molar-refractivity contribution in [2.45, 2.75) is 12.5 Å². The maximum absolute atomic E-state index is 12.2. The second-order valence-electron chi connectivity index (χ2n) is 5.88. The summed E-state index contributed by atoms with van der Waals surface area (Å²) < 4.78 is 0. The minimum atomic E-state index is -0.151. The van der Waals surface area contributed by atoms with E-state index >= 15 is 0 Å². The van der Waals surface area contributed by atoms with E-state index in [0.717, 1.165) is 13.0 Å². The van der Waals surface area contributed by atoms with Crippen molar-refractivity contribution >= 4 is 5.91 Å². The van der Waals surface area contributed by atoms with Gasteiger partial charge in [-0.3, -0.25) is 14.7 Å². The zero-order chi connectivity index (χ0) is 16.2. The molecule has 118 valence electrons. The fourth-order valence-corrected chi connectivity index (χ4v) is 3.23. The van der Waals surface area contributed by atoms with Gasteiger partial charge in [-0.2, -0.15) is 5.26 Å².